The summed E-state index contributed by atoms with van der Waals surface area (Å²) < 4.78 is 0. The second-order valence-electron chi connectivity index (χ2n) is 4.63. The lowest BCUT2D eigenvalue weighted by Crippen LogP contribution is -2.12. The number of phenolic OH excluding ortho intramolecular Hbond substituents is 1. The van der Waals surface area contributed by atoms with Crippen LogP contribution in [0.3, 0.4) is 0 Å². The van der Waals surface area contributed by atoms with E-state index in [-0.39, 0.29) is 21.4 Å². The molecule has 0 amide bonds. The number of hydrogen-bond acceptors (Lipinski definition) is 6. The number of aromatic hydroxyl groups is 1. The Hall–Kier alpha value is -2.32. The van der Waals surface area contributed by atoms with Crippen LogP contribution in [0.4, 0.5) is 10.8 Å². The second-order valence-corrected chi connectivity index (χ2v) is 6.63. The highest BCUT2D eigenvalue weighted by Crippen LogP contribution is 2.47. The number of fused-ring (bicyclic) bond motifs is 2. The summed E-state index contributed by atoms with van der Waals surface area (Å²) in [6, 6.07) is 6.93. The van der Waals surface area contributed by atoms with E-state index < -0.39 is 0 Å². The number of phenols is 1. The van der Waals surface area contributed by atoms with Crippen molar-refractivity contribution in [3.8, 4) is 5.75 Å². The van der Waals surface area contributed by atoms with E-state index in [4.69, 9.17) is 0 Å². The van der Waals surface area contributed by atoms with E-state index in [0.717, 1.165) is 27.6 Å². The molecular weight excluding hydrogens is 310 g/mol. The molecule has 1 atom stereocenters. The smallest absolute Gasteiger partial charge is 0.306 e. The summed E-state index contributed by atoms with van der Waals surface area (Å²) in [5.41, 5.74) is 1.33. The van der Waals surface area contributed by atoms with Crippen LogP contribution in [0.15, 0.2) is 33.9 Å². The van der Waals surface area contributed by atoms with Gasteiger partial charge in [-0.15, -0.1) is 0 Å². The maximum atomic E-state index is 11.7. The Labute approximate surface area is 125 Å². The predicted molar refractivity (Wildman–Crippen MR) is 82.2 cm³/mol. The number of thiazole rings is 2. The zero-order valence-electron chi connectivity index (χ0n) is 10.5. The number of para-hydroxylation sites is 1. The molecule has 4 rings (SSSR count). The zero-order chi connectivity index (χ0) is 14.6. The molecule has 3 heterocycles. The molecule has 3 aromatic rings. The Kier molecular flexibility index (Phi) is 2.57. The van der Waals surface area contributed by atoms with Gasteiger partial charge in [0.05, 0.1) is 16.5 Å². The summed E-state index contributed by atoms with van der Waals surface area (Å²) in [4.78, 5) is 29.2. The van der Waals surface area contributed by atoms with Gasteiger partial charge in [-0.05, 0) is 6.07 Å². The van der Waals surface area contributed by atoms with Gasteiger partial charge in [0, 0.05) is 5.56 Å². The lowest BCUT2D eigenvalue weighted by Gasteiger charge is -2.23. The van der Waals surface area contributed by atoms with Gasteiger partial charge in [-0.3, -0.25) is 14.6 Å². The topological polar surface area (TPSA) is 98.0 Å². The Morgan fingerprint density at radius 2 is 1.81 bits per heavy atom. The summed E-state index contributed by atoms with van der Waals surface area (Å²) in [7, 11) is 0. The van der Waals surface area contributed by atoms with Crippen molar-refractivity contribution in [3.63, 3.8) is 0 Å². The fourth-order valence-electron chi connectivity index (χ4n) is 2.55. The molecule has 4 N–H and O–H groups in total. The van der Waals surface area contributed by atoms with Crippen LogP contribution >= 0.6 is 22.7 Å². The molecule has 1 aliphatic heterocycles. The molecule has 0 spiro atoms. The van der Waals surface area contributed by atoms with Gasteiger partial charge in [-0.25, -0.2) is 0 Å². The third kappa shape index (κ3) is 1.83. The third-order valence-electron chi connectivity index (χ3n) is 3.39. The van der Waals surface area contributed by atoms with Gasteiger partial charge >= 0.3 is 9.75 Å². The minimum atomic E-state index is -0.361. The Morgan fingerprint density at radius 1 is 1.05 bits per heavy atom. The molecule has 2 aromatic heterocycles. The van der Waals surface area contributed by atoms with E-state index in [0.29, 0.717) is 22.1 Å². The van der Waals surface area contributed by atoms with Crippen LogP contribution in [0.5, 0.6) is 5.75 Å². The predicted octanol–water partition coefficient (Wildman–Crippen LogP) is 2.13. The first-order valence-corrected chi connectivity index (χ1v) is 7.77. The number of aromatic amines is 2. The molecular formula is C13H9N3O3S2. The average molecular weight is 319 g/mol. The van der Waals surface area contributed by atoms with Crippen molar-refractivity contribution in [2.75, 3.05) is 5.32 Å². The standard InChI is InChI=1S/C13H9N3O3S2/c17-6-4-2-1-3-5(6)7-8-11(21-12(18)14-8)15-10-9(7)20-13(19)16-10/h1-4,7,15,17H,(H,14,18)(H,16,19). The number of hydrogen-bond donors (Lipinski definition) is 4. The van der Waals surface area contributed by atoms with E-state index in [1.54, 1.807) is 18.2 Å². The Bertz CT molecular complexity index is 896. The van der Waals surface area contributed by atoms with Crippen molar-refractivity contribution >= 4 is 33.5 Å². The van der Waals surface area contributed by atoms with Crippen molar-refractivity contribution < 1.29 is 5.11 Å². The molecule has 0 radical (unpaired) electrons. The van der Waals surface area contributed by atoms with Crippen molar-refractivity contribution in [2.45, 2.75) is 5.92 Å². The normalized spacial score (nSPS) is 16.1. The molecule has 0 bridgehead atoms. The van der Waals surface area contributed by atoms with E-state index in [9.17, 15) is 14.7 Å². The van der Waals surface area contributed by atoms with E-state index in [1.165, 1.54) is 0 Å². The molecule has 0 aliphatic carbocycles. The second kappa shape index (κ2) is 4.34. The summed E-state index contributed by atoms with van der Waals surface area (Å²) in [5.74, 6) is 0.357. The lowest BCUT2D eigenvalue weighted by molar-refractivity contribution is 0.467. The summed E-state index contributed by atoms with van der Waals surface area (Å²) in [5, 5.41) is 13.9. The van der Waals surface area contributed by atoms with Gasteiger partial charge in [0.1, 0.15) is 16.6 Å². The lowest BCUT2D eigenvalue weighted by atomic mass is 9.92. The average Bonchev–Trinajstić information content (AvgIpc) is 2.97. The first kappa shape index (κ1) is 12.4. The van der Waals surface area contributed by atoms with Gasteiger partial charge in [-0.1, -0.05) is 40.9 Å². The molecule has 1 unspecified atom stereocenters. The molecule has 8 heteroatoms. The number of benzene rings is 1. The SMILES string of the molecule is O=c1[nH]c2c(s1)Nc1[nH]c(=O)sc1C2c1ccccc1O. The van der Waals surface area contributed by atoms with Gasteiger partial charge in [0.2, 0.25) is 0 Å². The van der Waals surface area contributed by atoms with Gasteiger partial charge < -0.3 is 15.4 Å². The highest BCUT2D eigenvalue weighted by Gasteiger charge is 2.33. The largest absolute Gasteiger partial charge is 0.508 e. The summed E-state index contributed by atoms with van der Waals surface area (Å²) >= 11 is 2.12. The molecule has 0 saturated carbocycles. The van der Waals surface area contributed by atoms with Crippen LogP contribution < -0.4 is 15.1 Å². The Balaban J connectivity index is 2.03. The van der Waals surface area contributed by atoms with Crippen LogP contribution in [-0.4, -0.2) is 15.1 Å². The van der Waals surface area contributed by atoms with Crippen molar-refractivity contribution in [2.24, 2.45) is 0 Å². The van der Waals surface area contributed by atoms with Crippen LogP contribution in [0.25, 0.3) is 0 Å². The van der Waals surface area contributed by atoms with Gasteiger partial charge in [0.25, 0.3) is 0 Å². The van der Waals surface area contributed by atoms with E-state index in [1.807, 2.05) is 6.07 Å². The molecule has 0 saturated heterocycles. The maximum absolute atomic E-state index is 11.7. The van der Waals surface area contributed by atoms with Crippen molar-refractivity contribution in [3.05, 3.63) is 59.7 Å². The quantitative estimate of drug-likeness (QED) is 0.432. The molecule has 6 nitrogen and oxygen atoms in total. The van der Waals surface area contributed by atoms with Crippen LogP contribution in [-0.2, 0) is 0 Å². The minimum absolute atomic E-state index is 0.134. The highest BCUT2D eigenvalue weighted by atomic mass is 32.1. The number of aromatic nitrogens is 2. The van der Waals surface area contributed by atoms with Crippen LogP contribution in [0, 0.1) is 0 Å². The molecule has 21 heavy (non-hydrogen) atoms. The van der Waals surface area contributed by atoms with Crippen LogP contribution in [0.1, 0.15) is 22.1 Å². The van der Waals surface area contributed by atoms with Crippen LogP contribution in [0.2, 0.25) is 0 Å². The zero-order valence-corrected chi connectivity index (χ0v) is 12.1. The molecule has 1 aliphatic rings. The number of nitrogens with one attached hydrogen (secondary N) is 3. The highest BCUT2D eigenvalue weighted by molar-refractivity contribution is 7.14. The third-order valence-corrected chi connectivity index (χ3v) is 5.15. The van der Waals surface area contributed by atoms with Gasteiger partial charge in [-0.2, -0.15) is 0 Å². The summed E-state index contributed by atoms with van der Waals surface area (Å²) in [6.07, 6.45) is 0. The molecule has 1 aromatic carbocycles. The van der Waals surface area contributed by atoms with E-state index >= 15 is 0 Å². The molecule has 0 fully saturated rings. The first-order chi connectivity index (χ1) is 10.1. The van der Waals surface area contributed by atoms with Crippen molar-refractivity contribution in [1.82, 2.24) is 9.97 Å². The monoisotopic (exact) mass is 319 g/mol. The minimum Gasteiger partial charge on any atom is -0.508 e. The van der Waals surface area contributed by atoms with Gasteiger partial charge in [0.15, 0.2) is 0 Å². The number of rotatable bonds is 1. The Morgan fingerprint density at radius 3 is 2.62 bits per heavy atom. The summed E-state index contributed by atoms with van der Waals surface area (Å²) in [6.45, 7) is 0. The fraction of sp³-hybridized carbons (Fsp3) is 0.0769. The maximum Gasteiger partial charge on any atom is 0.306 e. The number of H-pyrrole nitrogens is 2. The first-order valence-electron chi connectivity index (χ1n) is 6.14. The van der Waals surface area contributed by atoms with Crippen molar-refractivity contribution in [1.29, 1.82) is 0 Å². The number of anilines is 2. The molecule has 106 valence electrons. The fourth-order valence-corrected chi connectivity index (χ4v) is 4.24. The van der Waals surface area contributed by atoms with E-state index in [2.05, 4.69) is 15.3 Å².